The van der Waals surface area contributed by atoms with Crippen molar-refractivity contribution in [1.29, 1.82) is 5.26 Å². The molecule has 0 N–H and O–H groups in total. The van der Waals surface area contributed by atoms with E-state index < -0.39 is 5.97 Å². The van der Waals surface area contributed by atoms with Crippen molar-refractivity contribution >= 4 is 22.6 Å². The third kappa shape index (κ3) is 3.61. The number of aromatic nitrogens is 1. The van der Waals surface area contributed by atoms with Crippen LogP contribution in [0.4, 0.5) is 0 Å². The van der Waals surface area contributed by atoms with Crippen LogP contribution in [0.1, 0.15) is 34.9 Å². The summed E-state index contributed by atoms with van der Waals surface area (Å²) in [5, 5.41) is 14.4. The normalized spacial score (nSPS) is 11.4. The Kier molecular flexibility index (Phi) is 5.09. The summed E-state index contributed by atoms with van der Waals surface area (Å²) in [5.74, 6) is -0.465. The standard InChI is InChI=1S/C22H21N3O2/c1-14-7-5-6-8-18(14)12-20(24-27-16(3)26)22-15(2)25(4)21-10-9-17(13-23)11-19(21)22/h5-11H,12H2,1-4H3/b24-20+. The van der Waals surface area contributed by atoms with E-state index in [0.717, 1.165) is 33.3 Å². The molecule has 0 fully saturated rings. The first-order valence-corrected chi connectivity index (χ1v) is 8.70. The second-order valence-corrected chi connectivity index (χ2v) is 6.59. The van der Waals surface area contributed by atoms with E-state index in [-0.39, 0.29) is 0 Å². The van der Waals surface area contributed by atoms with Crippen LogP contribution in [0.2, 0.25) is 0 Å². The topological polar surface area (TPSA) is 67.4 Å². The van der Waals surface area contributed by atoms with Crippen LogP contribution >= 0.6 is 0 Å². The summed E-state index contributed by atoms with van der Waals surface area (Å²) in [7, 11) is 1.98. The number of benzene rings is 2. The van der Waals surface area contributed by atoms with Crippen LogP contribution in [-0.4, -0.2) is 16.2 Å². The van der Waals surface area contributed by atoms with Crippen molar-refractivity contribution in [2.45, 2.75) is 27.2 Å². The second-order valence-electron chi connectivity index (χ2n) is 6.59. The number of nitriles is 1. The van der Waals surface area contributed by atoms with Crippen LogP contribution in [0.15, 0.2) is 47.6 Å². The molecule has 0 aliphatic heterocycles. The minimum absolute atomic E-state index is 0.465. The van der Waals surface area contributed by atoms with Gasteiger partial charge >= 0.3 is 5.97 Å². The van der Waals surface area contributed by atoms with Gasteiger partial charge in [0.05, 0.1) is 17.3 Å². The van der Waals surface area contributed by atoms with Crippen LogP contribution in [0.5, 0.6) is 0 Å². The van der Waals surface area contributed by atoms with Gasteiger partial charge in [0.15, 0.2) is 0 Å². The molecule has 27 heavy (non-hydrogen) atoms. The monoisotopic (exact) mass is 359 g/mol. The third-order valence-electron chi connectivity index (χ3n) is 4.81. The molecule has 5 heteroatoms. The van der Waals surface area contributed by atoms with Crippen LogP contribution in [0.3, 0.4) is 0 Å². The van der Waals surface area contributed by atoms with Gasteiger partial charge in [-0.05, 0) is 43.2 Å². The van der Waals surface area contributed by atoms with Crippen molar-refractivity contribution in [3.05, 3.63) is 70.4 Å². The molecule has 0 amide bonds. The molecule has 5 nitrogen and oxygen atoms in total. The summed E-state index contributed by atoms with van der Waals surface area (Å²) >= 11 is 0. The molecule has 0 saturated heterocycles. The average Bonchev–Trinajstić information content (AvgIpc) is 2.90. The van der Waals surface area contributed by atoms with Crippen LogP contribution in [-0.2, 0) is 23.1 Å². The maximum Gasteiger partial charge on any atom is 0.331 e. The summed E-state index contributed by atoms with van der Waals surface area (Å²) in [6.07, 6.45) is 0.524. The van der Waals surface area contributed by atoms with Gasteiger partial charge in [-0.25, -0.2) is 4.79 Å². The summed E-state index contributed by atoms with van der Waals surface area (Å²) in [4.78, 5) is 16.4. The molecule has 0 bridgehead atoms. The predicted molar refractivity (Wildman–Crippen MR) is 106 cm³/mol. The van der Waals surface area contributed by atoms with E-state index in [1.165, 1.54) is 6.92 Å². The lowest BCUT2D eigenvalue weighted by molar-refractivity contribution is -0.140. The summed E-state index contributed by atoms with van der Waals surface area (Å²) in [6.45, 7) is 5.38. The molecule has 0 unspecified atom stereocenters. The molecular formula is C22H21N3O2. The first-order chi connectivity index (χ1) is 12.9. The fourth-order valence-electron chi connectivity index (χ4n) is 3.28. The molecule has 0 radical (unpaired) electrons. The van der Waals surface area contributed by atoms with Gasteiger partial charge in [0.1, 0.15) is 0 Å². The van der Waals surface area contributed by atoms with Gasteiger partial charge in [0, 0.05) is 42.6 Å². The number of carbonyl (C=O) groups excluding carboxylic acids is 1. The zero-order chi connectivity index (χ0) is 19.6. The summed E-state index contributed by atoms with van der Waals surface area (Å²) < 4.78 is 2.06. The Bertz CT molecular complexity index is 1100. The molecular weight excluding hydrogens is 338 g/mol. The van der Waals surface area contributed by atoms with E-state index >= 15 is 0 Å². The Morgan fingerprint density at radius 3 is 2.63 bits per heavy atom. The Labute approximate surface area is 158 Å². The van der Waals surface area contributed by atoms with Crippen molar-refractivity contribution in [3.8, 4) is 6.07 Å². The Hall–Kier alpha value is -3.39. The molecule has 3 aromatic rings. The average molecular weight is 359 g/mol. The number of carbonyl (C=O) groups is 1. The number of aryl methyl sites for hydroxylation is 2. The molecule has 1 heterocycles. The molecule has 136 valence electrons. The van der Waals surface area contributed by atoms with Crippen LogP contribution in [0, 0.1) is 25.2 Å². The minimum Gasteiger partial charge on any atom is -0.347 e. The number of hydrogen-bond acceptors (Lipinski definition) is 4. The first-order valence-electron chi connectivity index (χ1n) is 8.70. The Morgan fingerprint density at radius 1 is 1.22 bits per heavy atom. The SMILES string of the molecule is CC(=O)O/N=C(\Cc1ccccc1C)c1c(C)n(C)c2ccc(C#N)cc12. The number of rotatable bonds is 4. The van der Waals surface area contributed by atoms with Crippen molar-refractivity contribution in [1.82, 2.24) is 4.57 Å². The lowest BCUT2D eigenvalue weighted by atomic mass is 9.96. The number of nitrogens with zero attached hydrogens (tertiary/aromatic N) is 3. The zero-order valence-corrected chi connectivity index (χ0v) is 15.9. The zero-order valence-electron chi connectivity index (χ0n) is 15.9. The number of fused-ring (bicyclic) bond motifs is 1. The minimum atomic E-state index is -0.465. The molecule has 0 aliphatic carbocycles. The van der Waals surface area contributed by atoms with E-state index in [9.17, 15) is 10.1 Å². The van der Waals surface area contributed by atoms with Gasteiger partial charge in [-0.1, -0.05) is 29.4 Å². The lowest BCUT2D eigenvalue weighted by Gasteiger charge is -2.10. The fourth-order valence-corrected chi connectivity index (χ4v) is 3.28. The van der Waals surface area contributed by atoms with Crippen molar-refractivity contribution < 1.29 is 9.63 Å². The highest BCUT2D eigenvalue weighted by Gasteiger charge is 2.19. The van der Waals surface area contributed by atoms with Gasteiger partial charge < -0.3 is 9.40 Å². The fraction of sp³-hybridized carbons (Fsp3) is 0.227. The van der Waals surface area contributed by atoms with Gasteiger partial charge in [-0.15, -0.1) is 0 Å². The molecule has 2 aromatic carbocycles. The maximum absolute atomic E-state index is 11.4. The Morgan fingerprint density at radius 2 is 1.96 bits per heavy atom. The van der Waals surface area contributed by atoms with E-state index in [1.54, 1.807) is 6.07 Å². The molecule has 0 spiro atoms. The highest BCUT2D eigenvalue weighted by atomic mass is 16.7. The van der Waals surface area contributed by atoms with E-state index in [1.807, 2.05) is 57.3 Å². The van der Waals surface area contributed by atoms with Crippen LogP contribution < -0.4 is 0 Å². The summed E-state index contributed by atoms with van der Waals surface area (Å²) in [5.41, 5.74) is 6.39. The smallest absolute Gasteiger partial charge is 0.331 e. The predicted octanol–water partition coefficient (Wildman–Crippen LogP) is 4.18. The molecule has 0 atom stereocenters. The molecule has 1 aromatic heterocycles. The summed E-state index contributed by atoms with van der Waals surface area (Å²) in [6, 6.07) is 15.8. The van der Waals surface area contributed by atoms with E-state index in [0.29, 0.717) is 17.7 Å². The van der Waals surface area contributed by atoms with Crippen molar-refractivity contribution in [2.75, 3.05) is 0 Å². The van der Waals surface area contributed by atoms with E-state index in [4.69, 9.17) is 4.84 Å². The van der Waals surface area contributed by atoms with Crippen molar-refractivity contribution in [3.63, 3.8) is 0 Å². The van der Waals surface area contributed by atoms with Gasteiger partial charge in [0.2, 0.25) is 0 Å². The number of oxime groups is 1. The van der Waals surface area contributed by atoms with E-state index in [2.05, 4.69) is 15.8 Å². The van der Waals surface area contributed by atoms with Crippen molar-refractivity contribution in [2.24, 2.45) is 12.2 Å². The highest BCUT2D eigenvalue weighted by Crippen LogP contribution is 2.28. The Balaban J connectivity index is 2.22. The van der Waals surface area contributed by atoms with Crippen LogP contribution in [0.25, 0.3) is 10.9 Å². The largest absolute Gasteiger partial charge is 0.347 e. The van der Waals surface area contributed by atoms with Gasteiger partial charge in [0.25, 0.3) is 0 Å². The quantitative estimate of drug-likeness (QED) is 0.399. The molecule has 3 rings (SSSR count). The first kappa shape index (κ1) is 18.4. The lowest BCUT2D eigenvalue weighted by Crippen LogP contribution is -2.10. The highest BCUT2D eigenvalue weighted by molar-refractivity contribution is 6.13. The number of hydrogen-bond donors (Lipinski definition) is 0. The molecule has 0 saturated carbocycles. The maximum atomic E-state index is 11.4. The second kappa shape index (κ2) is 7.46. The third-order valence-corrected chi connectivity index (χ3v) is 4.81. The molecule has 0 aliphatic rings. The van der Waals surface area contributed by atoms with Gasteiger partial charge in [-0.3, -0.25) is 0 Å². The van der Waals surface area contributed by atoms with Gasteiger partial charge in [-0.2, -0.15) is 5.26 Å².